The number of ether oxygens (including phenoxy) is 3. The predicted molar refractivity (Wildman–Crippen MR) is 357 cm³/mol. The predicted octanol–water partition coefficient (Wildman–Crippen LogP) is 24.4. The number of carbonyl (C=O) groups excluding carboxylic acids is 3. The van der Waals surface area contributed by atoms with Crippen molar-refractivity contribution < 1.29 is 28.6 Å². The molecule has 0 amide bonds. The first-order valence-corrected chi connectivity index (χ1v) is 35.2. The van der Waals surface area contributed by atoms with Crippen LogP contribution in [-0.4, -0.2) is 37.2 Å². The van der Waals surface area contributed by atoms with Crippen LogP contribution in [0.4, 0.5) is 0 Å². The molecule has 0 aliphatic heterocycles. The quantitative estimate of drug-likeness (QED) is 0.0261. The summed E-state index contributed by atoms with van der Waals surface area (Å²) >= 11 is 0. The second kappa shape index (κ2) is 69.8. The molecule has 0 bridgehead atoms. The van der Waals surface area contributed by atoms with Crippen molar-refractivity contribution in [3.8, 4) is 0 Å². The van der Waals surface area contributed by atoms with E-state index in [0.717, 1.165) is 109 Å². The van der Waals surface area contributed by atoms with Gasteiger partial charge in [-0.1, -0.05) is 304 Å². The fourth-order valence-corrected chi connectivity index (χ4v) is 10.0. The van der Waals surface area contributed by atoms with Crippen LogP contribution in [-0.2, 0) is 28.6 Å². The molecule has 0 saturated carbocycles. The van der Waals surface area contributed by atoms with Gasteiger partial charge in [0.2, 0.25) is 0 Å². The molecule has 0 radical (unpaired) electrons. The van der Waals surface area contributed by atoms with E-state index < -0.39 is 6.10 Å². The smallest absolute Gasteiger partial charge is 0.306 e. The summed E-state index contributed by atoms with van der Waals surface area (Å²) < 4.78 is 17.0. The Hall–Kier alpha value is -3.67. The van der Waals surface area contributed by atoms with Crippen molar-refractivity contribution in [2.24, 2.45) is 0 Å². The van der Waals surface area contributed by atoms with Gasteiger partial charge >= 0.3 is 17.9 Å². The van der Waals surface area contributed by atoms with Crippen molar-refractivity contribution >= 4 is 17.9 Å². The van der Waals surface area contributed by atoms with Crippen molar-refractivity contribution in [1.29, 1.82) is 0 Å². The Morgan fingerprint density at radius 3 is 0.768 bits per heavy atom. The Kier molecular flexibility index (Phi) is 66.7. The summed E-state index contributed by atoms with van der Waals surface area (Å²) in [6.07, 6.45) is 94.2. The van der Waals surface area contributed by atoms with Crippen LogP contribution in [0.15, 0.2) is 97.2 Å². The van der Waals surface area contributed by atoms with Crippen molar-refractivity contribution in [2.45, 2.75) is 354 Å². The van der Waals surface area contributed by atoms with Gasteiger partial charge in [-0.15, -0.1) is 0 Å². The van der Waals surface area contributed by atoms with Crippen LogP contribution >= 0.6 is 0 Å². The number of carbonyl (C=O) groups is 3. The fourth-order valence-electron chi connectivity index (χ4n) is 10.0. The minimum absolute atomic E-state index is 0.0827. The van der Waals surface area contributed by atoms with Gasteiger partial charge in [-0.2, -0.15) is 0 Å². The van der Waals surface area contributed by atoms with Crippen LogP contribution in [0.1, 0.15) is 348 Å². The second-order valence-electron chi connectivity index (χ2n) is 23.4. The third kappa shape index (κ3) is 67.1. The first-order valence-electron chi connectivity index (χ1n) is 35.2. The summed E-state index contributed by atoms with van der Waals surface area (Å²) in [5, 5.41) is 0. The maximum absolute atomic E-state index is 13.0. The number of allylic oxidation sites excluding steroid dienone is 16. The van der Waals surface area contributed by atoms with Gasteiger partial charge in [-0.05, 0) is 122 Å². The van der Waals surface area contributed by atoms with E-state index in [1.165, 1.54) is 199 Å². The highest BCUT2D eigenvalue weighted by molar-refractivity contribution is 5.71. The molecule has 0 heterocycles. The molecule has 0 aromatic carbocycles. The molecule has 0 aliphatic rings. The molecule has 0 aromatic rings. The Bertz CT molecular complexity index is 1590. The first kappa shape index (κ1) is 78.3. The molecule has 82 heavy (non-hydrogen) atoms. The van der Waals surface area contributed by atoms with Crippen LogP contribution in [0.2, 0.25) is 0 Å². The minimum Gasteiger partial charge on any atom is -0.462 e. The Morgan fingerprint density at radius 2 is 0.476 bits per heavy atom. The Balaban J connectivity index is 4.35. The van der Waals surface area contributed by atoms with Crippen molar-refractivity contribution in [3.63, 3.8) is 0 Å². The zero-order chi connectivity index (χ0) is 59.2. The third-order valence-electron chi connectivity index (χ3n) is 15.3. The lowest BCUT2D eigenvalue weighted by Gasteiger charge is -2.18. The lowest BCUT2D eigenvalue weighted by Crippen LogP contribution is -2.30. The molecule has 1 atom stereocenters. The van der Waals surface area contributed by atoms with Gasteiger partial charge < -0.3 is 14.2 Å². The highest BCUT2D eigenvalue weighted by Gasteiger charge is 2.19. The number of hydrogen-bond donors (Lipinski definition) is 0. The monoisotopic (exact) mass is 1140 g/mol. The number of hydrogen-bond acceptors (Lipinski definition) is 6. The van der Waals surface area contributed by atoms with Gasteiger partial charge in [-0.25, -0.2) is 0 Å². The molecule has 1 unspecified atom stereocenters. The number of esters is 3. The van der Waals surface area contributed by atoms with Crippen molar-refractivity contribution in [1.82, 2.24) is 0 Å². The summed E-state index contributed by atoms with van der Waals surface area (Å²) in [4.78, 5) is 38.5. The maximum atomic E-state index is 13.0. The lowest BCUT2D eigenvalue weighted by atomic mass is 10.0. The molecule has 0 fully saturated rings. The van der Waals surface area contributed by atoms with E-state index in [9.17, 15) is 14.4 Å². The zero-order valence-corrected chi connectivity index (χ0v) is 54.2. The van der Waals surface area contributed by atoms with Gasteiger partial charge in [0.25, 0.3) is 0 Å². The van der Waals surface area contributed by atoms with Crippen molar-refractivity contribution in [3.05, 3.63) is 97.2 Å². The molecule has 6 nitrogen and oxygen atoms in total. The summed E-state index contributed by atoms with van der Waals surface area (Å²) in [5.74, 6) is -0.886. The van der Waals surface area contributed by atoms with Crippen LogP contribution in [0.25, 0.3) is 0 Å². The highest BCUT2D eigenvalue weighted by Crippen LogP contribution is 2.17. The molecule has 0 aliphatic carbocycles. The molecule has 0 saturated heterocycles. The van der Waals surface area contributed by atoms with E-state index in [1.807, 2.05) is 0 Å². The van der Waals surface area contributed by atoms with E-state index in [4.69, 9.17) is 14.2 Å². The van der Waals surface area contributed by atoms with Crippen molar-refractivity contribution in [2.75, 3.05) is 13.2 Å². The van der Waals surface area contributed by atoms with Gasteiger partial charge in [0, 0.05) is 19.3 Å². The summed E-state index contributed by atoms with van der Waals surface area (Å²) in [6, 6.07) is 0. The average molecular weight is 1140 g/mol. The van der Waals surface area contributed by atoms with Gasteiger partial charge in [0.05, 0.1) is 0 Å². The van der Waals surface area contributed by atoms with E-state index in [2.05, 4.69) is 118 Å². The second-order valence-corrected chi connectivity index (χ2v) is 23.4. The summed E-state index contributed by atoms with van der Waals surface area (Å²) in [6.45, 7) is 6.54. The third-order valence-corrected chi connectivity index (χ3v) is 15.3. The standard InChI is InChI=1S/C76H132O6/c1-4-7-10-13-16-19-22-25-28-31-33-35-36-37-38-39-40-42-43-45-48-51-54-57-60-63-66-69-75(78)81-72-73(71-80-74(77)68-65-62-59-56-53-50-47-30-27-24-21-18-15-12-9-6-3)82-76(79)70-67-64-61-58-55-52-49-46-44-41-34-32-29-26-23-20-17-14-11-8-5-2/h7,10,16,19,21,24-25,28,30,32-35,37-38,47,73H,4-6,8-9,11-15,17-18,20,22-23,26-27,29,31,36,39-46,48-72H2,1-3H3/b10-7-,19-16-,24-21-,28-25-,34-32-,35-33-,38-37-,47-30-. The molecule has 0 rings (SSSR count). The molecule has 0 aromatic heterocycles. The molecular weight excluding hydrogens is 1010 g/mol. The van der Waals surface area contributed by atoms with E-state index >= 15 is 0 Å². The molecule has 0 spiro atoms. The normalized spacial score (nSPS) is 12.7. The van der Waals surface area contributed by atoms with Crippen LogP contribution in [0.5, 0.6) is 0 Å². The molecular formula is C76H132O6. The van der Waals surface area contributed by atoms with E-state index in [-0.39, 0.29) is 31.1 Å². The largest absolute Gasteiger partial charge is 0.462 e. The number of rotatable bonds is 64. The Labute approximate surface area is 508 Å². The van der Waals surface area contributed by atoms with Gasteiger partial charge in [0.15, 0.2) is 6.10 Å². The lowest BCUT2D eigenvalue weighted by molar-refractivity contribution is -0.167. The molecule has 472 valence electrons. The van der Waals surface area contributed by atoms with E-state index in [0.29, 0.717) is 19.3 Å². The van der Waals surface area contributed by atoms with Crippen LogP contribution < -0.4 is 0 Å². The van der Waals surface area contributed by atoms with Gasteiger partial charge in [-0.3, -0.25) is 14.4 Å². The van der Waals surface area contributed by atoms with Crippen LogP contribution in [0.3, 0.4) is 0 Å². The average Bonchev–Trinajstić information content (AvgIpc) is 3.47. The van der Waals surface area contributed by atoms with E-state index in [1.54, 1.807) is 0 Å². The SMILES string of the molecule is CC/C=C\C/C=C\C/C=C\C/C=C\C/C=C\CCCCCCCCCCCCCC(=O)OCC(COC(=O)CCCCCCC/C=C\C/C=C\CCCCCC)OC(=O)CCCCCCCCCCC/C=C\CCCCCCCCCC. The number of unbranched alkanes of at least 4 members (excludes halogenated alkanes) is 37. The molecule has 0 N–H and O–H groups in total. The summed E-state index contributed by atoms with van der Waals surface area (Å²) in [5.41, 5.74) is 0. The highest BCUT2D eigenvalue weighted by atomic mass is 16.6. The topological polar surface area (TPSA) is 78.9 Å². The Morgan fingerprint density at radius 1 is 0.256 bits per heavy atom. The maximum Gasteiger partial charge on any atom is 0.306 e. The summed E-state index contributed by atoms with van der Waals surface area (Å²) in [7, 11) is 0. The first-order chi connectivity index (χ1) is 40.5. The molecule has 6 heteroatoms. The van der Waals surface area contributed by atoms with Gasteiger partial charge in [0.1, 0.15) is 13.2 Å². The minimum atomic E-state index is -0.788. The fraction of sp³-hybridized carbons (Fsp3) is 0.750. The van der Waals surface area contributed by atoms with Crippen LogP contribution in [0, 0.1) is 0 Å². The zero-order valence-electron chi connectivity index (χ0n) is 54.2.